The van der Waals surface area contributed by atoms with E-state index in [1.165, 1.54) is 18.5 Å². The van der Waals surface area contributed by atoms with E-state index >= 15 is 0 Å². The number of anilines is 1. The SMILES string of the molecule is CNC1C=C(C2CC2)N=C(Nc2ccccc2)N1C(C)C. The molecule has 1 aliphatic carbocycles. The molecule has 0 aromatic heterocycles. The second-order valence-corrected chi connectivity index (χ2v) is 6.03. The van der Waals surface area contributed by atoms with Crippen molar-refractivity contribution in [2.75, 3.05) is 12.4 Å². The van der Waals surface area contributed by atoms with E-state index in [0.29, 0.717) is 12.0 Å². The van der Waals surface area contributed by atoms with Crippen LogP contribution in [0.2, 0.25) is 0 Å². The molecular weight excluding hydrogens is 260 g/mol. The van der Waals surface area contributed by atoms with Gasteiger partial charge in [0.15, 0.2) is 0 Å². The molecule has 3 rings (SSSR count). The zero-order chi connectivity index (χ0) is 14.8. The van der Waals surface area contributed by atoms with E-state index in [1.54, 1.807) is 0 Å². The maximum Gasteiger partial charge on any atom is 0.205 e. The first-order chi connectivity index (χ1) is 10.2. The molecule has 21 heavy (non-hydrogen) atoms. The molecule has 2 N–H and O–H groups in total. The summed E-state index contributed by atoms with van der Waals surface area (Å²) in [6.45, 7) is 4.39. The first-order valence-electron chi connectivity index (χ1n) is 7.77. The van der Waals surface area contributed by atoms with Crippen LogP contribution in [0, 0.1) is 5.92 Å². The molecule has 0 spiro atoms. The molecule has 4 nitrogen and oxygen atoms in total. The van der Waals surface area contributed by atoms with Gasteiger partial charge in [-0.3, -0.25) is 5.32 Å². The minimum atomic E-state index is 0.198. The van der Waals surface area contributed by atoms with Crippen molar-refractivity contribution in [2.24, 2.45) is 10.9 Å². The number of nitrogens with zero attached hydrogens (tertiary/aromatic N) is 2. The number of guanidine groups is 1. The van der Waals surface area contributed by atoms with E-state index in [-0.39, 0.29) is 6.17 Å². The monoisotopic (exact) mass is 284 g/mol. The summed E-state index contributed by atoms with van der Waals surface area (Å²) in [5, 5.41) is 6.88. The Kier molecular flexibility index (Phi) is 3.97. The molecule has 1 heterocycles. The second-order valence-electron chi connectivity index (χ2n) is 6.03. The van der Waals surface area contributed by atoms with Gasteiger partial charge in [0.05, 0.1) is 0 Å². The summed E-state index contributed by atoms with van der Waals surface area (Å²) in [6, 6.07) is 10.6. The maximum atomic E-state index is 4.89. The maximum absolute atomic E-state index is 4.89. The summed E-state index contributed by atoms with van der Waals surface area (Å²) in [5.41, 5.74) is 2.30. The lowest BCUT2D eigenvalue weighted by atomic mass is 10.2. The summed E-state index contributed by atoms with van der Waals surface area (Å²) in [4.78, 5) is 7.18. The van der Waals surface area contributed by atoms with Crippen LogP contribution in [-0.2, 0) is 0 Å². The average Bonchev–Trinajstić information content (AvgIpc) is 3.31. The highest BCUT2D eigenvalue weighted by Crippen LogP contribution is 2.39. The van der Waals surface area contributed by atoms with Gasteiger partial charge in [0.2, 0.25) is 5.96 Å². The summed E-state index contributed by atoms with van der Waals surface area (Å²) < 4.78 is 0. The first kappa shape index (κ1) is 14.1. The first-order valence-corrected chi connectivity index (χ1v) is 7.77. The van der Waals surface area contributed by atoms with Crippen LogP contribution in [0.4, 0.5) is 5.69 Å². The zero-order valence-electron chi connectivity index (χ0n) is 13.0. The van der Waals surface area contributed by atoms with Crippen LogP contribution in [0.25, 0.3) is 0 Å². The predicted octanol–water partition coefficient (Wildman–Crippen LogP) is 3.02. The highest BCUT2D eigenvalue weighted by Gasteiger charge is 2.33. The minimum absolute atomic E-state index is 0.198. The number of likely N-dealkylation sites (N-methyl/N-ethyl adjacent to an activating group) is 1. The molecule has 1 aromatic rings. The van der Waals surface area contributed by atoms with Gasteiger partial charge >= 0.3 is 0 Å². The Balaban J connectivity index is 1.90. The van der Waals surface area contributed by atoms with Crippen LogP contribution in [0.15, 0.2) is 47.1 Å². The normalized spacial score (nSPS) is 22.1. The Hall–Kier alpha value is -1.81. The van der Waals surface area contributed by atoms with E-state index in [4.69, 9.17) is 4.99 Å². The summed E-state index contributed by atoms with van der Waals surface area (Å²) in [7, 11) is 2.01. The summed E-state index contributed by atoms with van der Waals surface area (Å²) in [6.07, 6.45) is 5.01. The predicted molar refractivity (Wildman–Crippen MR) is 88.1 cm³/mol. The molecule has 0 saturated heterocycles. The molecular formula is C17H24N4. The quantitative estimate of drug-likeness (QED) is 0.893. The highest BCUT2D eigenvalue weighted by molar-refractivity contribution is 5.95. The van der Waals surface area contributed by atoms with E-state index in [0.717, 1.165) is 11.6 Å². The molecule has 1 unspecified atom stereocenters. The fourth-order valence-corrected chi connectivity index (χ4v) is 2.73. The lowest BCUT2D eigenvalue weighted by molar-refractivity contribution is 0.266. The molecule has 1 saturated carbocycles. The van der Waals surface area contributed by atoms with Crippen molar-refractivity contribution in [1.29, 1.82) is 0 Å². The second kappa shape index (κ2) is 5.90. The summed E-state index contributed by atoms with van der Waals surface area (Å²) in [5.74, 6) is 1.60. The number of nitrogens with one attached hydrogen (secondary N) is 2. The fourth-order valence-electron chi connectivity index (χ4n) is 2.73. The molecule has 4 heteroatoms. The van der Waals surface area contributed by atoms with Gasteiger partial charge in [-0.15, -0.1) is 0 Å². The number of hydrogen-bond acceptors (Lipinski definition) is 4. The van der Waals surface area contributed by atoms with Gasteiger partial charge in [-0.05, 0) is 51.9 Å². The average molecular weight is 284 g/mol. The van der Waals surface area contributed by atoms with Crippen LogP contribution in [0.3, 0.4) is 0 Å². The van der Waals surface area contributed by atoms with E-state index in [9.17, 15) is 0 Å². The number of hydrogen-bond donors (Lipinski definition) is 2. The smallest absolute Gasteiger partial charge is 0.205 e. The number of aliphatic imine (C=N–C) groups is 1. The van der Waals surface area contributed by atoms with Crippen LogP contribution < -0.4 is 10.6 Å². The Morgan fingerprint density at radius 2 is 1.90 bits per heavy atom. The third-order valence-corrected chi connectivity index (χ3v) is 3.99. The zero-order valence-corrected chi connectivity index (χ0v) is 13.0. The van der Waals surface area contributed by atoms with Gasteiger partial charge in [0.1, 0.15) is 6.17 Å². The van der Waals surface area contributed by atoms with Gasteiger partial charge in [-0.1, -0.05) is 18.2 Å². The standard InChI is InChI=1S/C17H24N4/c1-12(2)21-16(18-3)11-15(13-9-10-13)20-17(21)19-14-7-5-4-6-8-14/h4-8,11-13,16,18H,9-10H2,1-3H3,(H,19,20). The fraction of sp³-hybridized carbons (Fsp3) is 0.471. The van der Waals surface area contributed by atoms with Crippen molar-refractivity contribution in [1.82, 2.24) is 10.2 Å². The molecule has 0 radical (unpaired) electrons. The number of allylic oxidation sites excluding steroid dienone is 1. The Morgan fingerprint density at radius 1 is 1.19 bits per heavy atom. The van der Waals surface area contributed by atoms with Crippen LogP contribution in [-0.4, -0.2) is 30.1 Å². The molecule has 1 aliphatic heterocycles. The molecule has 1 atom stereocenters. The van der Waals surface area contributed by atoms with Gasteiger partial charge in [-0.2, -0.15) is 0 Å². The minimum Gasteiger partial charge on any atom is -0.326 e. The van der Waals surface area contributed by atoms with Crippen LogP contribution >= 0.6 is 0 Å². The largest absolute Gasteiger partial charge is 0.326 e. The molecule has 0 bridgehead atoms. The third kappa shape index (κ3) is 3.10. The molecule has 1 aromatic carbocycles. The van der Waals surface area contributed by atoms with Gasteiger partial charge < -0.3 is 10.2 Å². The lowest BCUT2D eigenvalue weighted by Crippen LogP contribution is -2.54. The lowest BCUT2D eigenvalue weighted by Gasteiger charge is -2.38. The number of rotatable bonds is 4. The van der Waals surface area contributed by atoms with Crippen LogP contribution in [0.1, 0.15) is 26.7 Å². The number of para-hydroxylation sites is 1. The Bertz CT molecular complexity index is 543. The third-order valence-electron chi connectivity index (χ3n) is 3.99. The van der Waals surface area contributed by atoms with Crippen molar-refractivity contribution in [3.05, 3.63) is 42.1 Å². The Labute approximate surface area is 126 Å². The van der Waals surface area contributed by atoms with Crippen LogP contribution in [0.5, 0.6) is 0 Å². The molecule has 0 amide bonds. The van der Waals surface area contributed by atoms with Gasteiger partial charge in [0, 0.05) is 23.3 Å². The van der Waals surface area contributed by atoms with Gasteiger partial charge in [0.25, 0.3) is 0 Å². The van der Waals surface area contributed by atoms with Crippen molar-refractivity contribution < 1.29 is 0 Å². The van der Waals surface area contributed by atoms with Crippen molar-refractivity contribution in [2.45, 2.75) is 38.9 Å². The molecule has 2 aliphatic rings. The van der Waals surface area contributed by atoms with E-state index in [1.807, 2.05) is 25.2 Å². The Morgan fingerprint density at radius 3 is 2.48 bits per heavy atom. The van der Waals surface area contributed by atoms with E-state index < -0.39 is 0 Å². The van der Waals surface area contributed by atoms with Crippen molar-refractivity contribution in [3.8, 4) is 0 Å². The van der Waals surface area contributed by atoms with E-state index in [2.05, 4.69) is 47.6 Å². The van der Waals surface area contributed by atoms with Gasteiger partial charge in [-0.25, -0.2) is 4.99 Å². The summed E-state index contributed by atoms with van der Waals surface area (Å²) >= 11 is 0. The van der Waals surface area contributed by atoms with Crippen molar-refractivity contribution >= 4 is 11.6 Å². The number of benzene rings is 1. The highest BCUT2D eigenvalue weighted by atomic mass is 15.4. The van der Waals surface area contributed by atoms with Crippen molar-refractivity contribution in [3.63, 3.8) is 0 Å². The topological polar surface area (TPSA) is 39.7 Å². The molecule has 1 fully saturated rings. The molecule has 112 valence electrons.